The van der Waals surface area contributed by atoms with Gasteiger partial charge in [0, 0.05) is 29.3 Å². The van der Waals surface area contributed by atoms with Gasteiger partial charge in [0.05, 0.1) is 28.1 Å². The second kappa shape index (κ2) is 7.46. The van der Waals surface area contributed by atoms with Crippen LogP contribution < -0.4 is 5.32 Å². The molecule has 2 N–H and O–H groups in total. The fourth-order valence-electron chi connectivity index (χ4n) is 2.60. The van der Waals surface area contributed by atoms with E-state index >= 15 is 0 Å². The zero-order valence-corrected chi connectivity index (χ0v) is 15.0. The van der Waals surface area contributed by atoms with Crippen molar-refractivity contribution in [2.24, 2.45) is 0 Å². The average molecular weight is 387 g/mol. The normalized spacial score (nSPS) is 10.6. The van der Waals surface area contributed by atoms with E-state index in [1.54, 1.807) is 29.8 Å². The maximum Gasteiger partial charge on any atom is 0.270 e. The number of nitro benzene ring substituents is 1. The van der Waals surface area contributed by atoms with E-state index in [1.165, 1.54) is 24.4 Å². The number of non-ortho nitro benzene ring substituents is 1. The van der Waals surface area contributed by atoms with Crippen LogP contribution in [0.3, 0.4) is 0 Å². The van der Waals surface area contributed by atoms with Crippen molar-refractivity contribution < 1.29 is 14.8 Å². The number of phenolic OH excluding ortho intramolecular Hbond substituents is 1. The first-order valence-electron chi connectivity index (χ1n) is 7.92. The molecule has 9 heteroatoms. The van der Waals surface area contributed by atoms with Crippen LogP contribution >= 0.6 is 11.6 Å². The number of nitrogens with zero attached hydrogens (tertiary/aromatic N) is 3. The van der Waals surface area contributed by atoms with Gasteiger partial charge in [0.15, 0.2) is 0 Å². The second-order valence-electron chi connectivity index (χ2n) is 5.79. The average Bonchev–Trinajstić information content (AvgIpc) is 3.02. The number of carbonyl (C=O) groups is 1. The molecule has 3 rings (SSSR count). The molecule has 1 amide bonds. The number of carbonyl (C=O) groups excluding carboxylic acids is 1. The highest BCUT2D eigenvalue weighted by atomic mass is 35.5. The van der Waals surface area contributed by atoms with Crippen LogP contribution in [-0.4, -0.2) is 25.7 Å². The molecule has 0 aliphatic carbocycles. The molecule has 0 radical (unpaired) electrons. The van der Waals surface area contributed by atoms with E-state index in [0.717, 1.165) is 5.69 Å². The zero-order valence-electron chi connectivity index (χ0n) is 14.2. The Morgan fingerprint density at radius 3 is 2.81 bits per heavy atom. The van der Waals surface area contributed by atoms with Gasteiger partial charge in [-0.05, 0) is 31.2 Å². The van der Waals surface area contributed by atoms with Gasteiger partial charge in [-0.3, -0.25) is 14.9 Å². The van der Waals surface area contributed by atoms with Crippen molar-refractivity contribution >= 4 is 23.2 Å². The molecule has 0 saturated carbocycles. The minimum atomic E-state index is -0.566. The topological polar surface area (TPSA) is 110 Å². The minimum absolute atomic E-state index is 0.0614. The van der Waals surface area contributed by atoms with Crippen molar-refractivity contribution in [3.63, 3.8) is 0 Å². The number of nitro groups is 1. The number of rotatable bonds is 5. The number of amides is 1. The summed E-state index contributed by atoms with van der Waals surface area (Å²) in [6.07, 6.45) is 1.43. The summed E-state index contributed by atoms with van der Waals surface area (Å²) < 4.78 is 1.59. The summed E-state index contributed by atoms with van der Waals surface area (Å²) >= 11 is 5.99. The molecule has 1 aromatic heterocycles. The third kappa shape index (κ3) is 3.90. The number of phenols is 1. The number of hydrogen-bond donors (Lipinski definition) is 2. The van der Waals surface area contributed by atoms with E-state index in [0.29, 0.717) is 16.3 Å². The van der Waals surface area contributed by atoms with E-state index in [4.69, 9.17) is 11.6 Å². The molecule has 1 heterocycles. The molecule has 0 aliphatic rings. The molecule has 0 saturated heterocycles. The highest BCUT2D eigenvalue weighted by Gasteiger charge is 2.16. The molecule has 0 fully saturated rings. The van der Waals surface area contributed by atoms with Crippen molar-refractivity contribution in [3.8, 4) is 11.4 Å². The monoisotopic (exact) mass is 386 g/mol. The largest absolute Gasteiger partial charge is 0.508 e. The Bertz CT molecular complexity index is 1030. The van der Waals surface area contributed by atoms with Crippen molar-refractivity contribution in [3.05, 3.63) is 80.6 Å². The second-order valence-corrected chi connectivity index (χ2v) is 6.22. The first kappa shape index (κ1) is 18.4. The van der Waals surface area contributed by atoms with Crippen molar-refractivity contribution in [1.82, 2.24) is 15.1 Å². The Kier molecular flexibility index (Phi) is 5.09. The number of aromatic hydroxyl groups is 1. The minimum Gasteiger partial charge on any atom is -0.508 e. The summed E-state index contributed by atoms with van der Waals surface area (Å²) in [7, 11) is 0. The van der Waals surface area contributed by atoms with Crippen LogP contribution in [0.15, 0.2) is 48.7 Å². The highest BCUT2D eigenvalue weighted by Crippen LogP contribution is 2.23. The Labute approximate surface area is 159 Å². The summed E-state index contributed by atoms with van der Waals surface area (Å²) in [6, 6.07) is 10.7. The summed E-state index contributed by atoms with van der Waals surface area (Å²) in [5.41, 5.74) is 1.76. The van der Waals surface area contributed by atoms with Crippen molar-refractivity contribution in [2.45, 2.75) is 13.5 Å². The Hall–Kier alpha value is -3.39. The van der Waals surface area contributed by atoms with E-state index in [1.807, 2.05) is 6.07 Å². The van der Waals surface area contributed by atoms with Gasteiger partial charge in [-0.2, -0.15) is 5.10 Å². The van der Waals surface area contributed by atoms with Crippen LogP contribution in [-0.2, 0) is 6.54 Å². The third-order valence-corrected chi connectivity index (χ3v) is 4.26. The smallest absolute Gasteiger partial charge is 0.270 e. The quantitative estimate of drug-likeness (QED) is 0.516. The number of benzene rings is 2. The highest BCUT2D eigenvalue weighted by molar-refractivity contribution is 6.30. The summed E-state index contributed by atoms with van der Waals surface area (Å²) in [5.74, 6) is -0.543. The lowest BCUT2D eigenvalue weighted by atomic mass is 10.1. The molecule has 27 heavy (non-hydrogen) atoms. The molecule has 2 aromatic carbocycles. The molecule has 3 aromatic rings. The predicted octanol–water partition coefficient (Wildman–Crippen LogP) is 3.38. The fourth-order valence-corrected chi connectivity index (χ4v) is 2.78. The van der Waals surface area contributed by atoms with Gasteiger partial charge in [0.1, 0.15) is 5.75 Å². The van der Waals surface area contributed by atoms with Gasteiger partial charge in [-0.25, -0.2) is 4.68 Å². The summed E-state index contributed by atoms with van der Waals surface area (Å²) in [6.45, 7) is 1.68. The molecular formula is C18H15ClN4O4. The Morgan fingerprint density at radius 2 is 2.11 bits per heavy atom. The number of nitrogens with one attached hydrogen (secondary N) is 1. The lowest BCUT2D eigenvalue weighted by Crippen LogP contribution is -2.23. The molecule has 138 valence electrons. The third-order valence-electron chi connectivity index (χ3n) is 4.02. The first-order valence-corrected chi connectivity index (χ1v) is 8.29. The molecule has 0 aliphatic heterocycles. The molecule has 8 nitrogen and oxygen atoms in total. The van der Waals surface area contributed by atoms with Gasteiger partial charge < -0.3 is 10.4 Å². The maximum absolute atomic E-state index is 12.5. The fraction of sp³-hybridized carbons (Fsp3) is 0.111. The van der Waals surface area contributed by atoms with E-state index in [9.17, 15) is 20.0 Å². The Morgan fingerprint density at radius 1 is 1.33 bits per heavy atom. The van der Waals surface area contributed by atoms with Gasteiger partial charge in [-0.1, -0.05) is 17.7 Å². The Balaban J connectivity index is 1.78. The van der Waals surface area contributed by atoms with Crippen molar-refractivity contribution in [2.75, 3.05) is 0 Å². The standard InChI is InChI=1S/C18H15ClN4O4/c1-11-16(10-21-22(11)14-4-2-3-13(19)8-14)18(25)20-9-12-7-15(23(26)27)5-6-17(12)24/h2-8,10,24H,9H2,1H3,(H,20,25). The van der Waals surface area contributed by atoms with Crippen LogP contribution in [0.1, 0.15) is 21.6 Å². The first-order chi connectivity index (χ1) is 12.9. The van der Waals surface area contributed by atoms with Gasteiger partial charge in [0.2, 0.25) is 0 Å². The van der Waals surface area contributed by atoms with Crippen LogP contribution in [0.25, 0.3) is 5.69 Å². The molecule has 0 bridgehead atoms. The van der Waals surface area contributed by atoms with E-state index < -0.39 is 10.8 Å². The van der Waals surface area contributed by atoms with Crippen LogP contribution in [0, 0.1) is 17.0 Å². The van der Waals surface area contributed by atoms with E-state index in [2.05, 4.69) is 10.4 Å². The molecule has 0 unspecified atom stereocenters. The van der Waals surface area contributed by atoms with Crippen LogP contribution in [0.5, 0.6) is 5.75 Å². The lowest BCUT2D eigenvalue weighted by Gasteiger charge is -2.08. The SMILES string of the molecule is Cc1c(C(=O)NCc2cc([N+](=O)[O-])ccc2O)cnn1-c1cccc(Cl)c1. The van der Waals surface area contributed by atoms with Crippen LogP contribution in [0.2, 0.25) is 5.02 Å². The summed E-state index contributed by atoms with van der Waals surface area (Å²) in [4.78, 5) is 22.8. The predicted molar refractivity (Wildman–Crippen MR) is 99.2 cm³/mol. The zero-order chi connectivity index (χ0) is 19.6. The number of hydrogen-bond acceptors (Lipinski definition) is 5. The maximum atomic E-state index is 12.5. The molecule has 0 atom stereocenters. The van der Waals surface area contributed by atoms with Gasteiger partial charge in [0.25, 0.3) is 11.6 Å². The van der Waals surface area contributed by atoms with E-state index in [-0.39, 0.29) is 23.5 Å². The van der Waals surface area contributed by atoms with Gasteiger partial charge in [-0.15, -0.1) is 0 Å². The van der Waals surface area contributed by atoms with Gasteiger partial charge >= 0.3 is 0 Å². The number of halogens is 1. The molecule has 0 spiro atoms. The molecular weight excluding hydrogens is 372 g/mol. The number of aromatic nitrogens is 2. The summed E-state index contributed by atoms with van der Waals surface area (Å²) in [5, 5.41) is 28.1. The van der Waals surface area contributed by atoms with Crippen LogP contribution in [0.4, 0.5) is 5.69 Å². The lowest BCUT2D eigenvalue weighted by molar-refractivity contribution is -0.384. The van der Waals surface area contributed by atoms with Crippen molar-refractivity contribution in [1.29, 1.82) is 0 Å².